The van der Waals surface area contributed by atoms with Crippen molar-refractivity contribution in [2.75, 3.05) is 6.61 Å². The molecule has 8 heteroatoms. The summed E-state index contributed by atoms with van der Waals surface area (Å²) in [6.45, 7) is 0.472. The highest BCUT2D eigenvalue weighted by Crippen LogP contribution is 2.25. The van der Waals surface area contributed by atoms with Crippen molar-refractivity contribution in [2.45, 2.75) is 37.6 Å². The summed E-state index contributed by atoms with van der Waals surface area (Å²) in [5.74, 6) is -1.46. The fourth-order valence-electron chi connectivity index (χ4n) is 2.57. The van der Waals surface area contributed by atoms with Gasteiger partial charge in [-0.1, -0.05) is 18.2 Å². The molecule has 8 nitrogen and oxygen atoms in total. The van der Waals surface area contributed by atoms with Gasteiger partial charge in [-0.2, -0.15) is 0 Å². The van der Waals surface area contributed by atoms with E-state index in [1.165, 1.54) is 12.1 Å². The van der Waals surface area contributed by atoms with Crippen molar-refractivity contribution >= 4 is 11.8 Å². The fourth-order valence-corrected chi connectivity index (χ4v) is 2.57. The maximum atomic E-state index is 12.5. The van der Waals surface area contributed by atoms with E-state index in [2.05, 4.69) is 0 Å². The zero-order valence-electron chi connectivity index (χ0n) is 12.4. The first-order chi connectivity index (χ1) is 10.9. The van der Waals surface area contributed by atoms with E-state index in [-0.39, 0.29) is 5.56 Å². The molecule has 2 rings (SSSR count). The molecule has 0 aromatic heterocycles. The number of amides is 2. The molecule has 1 fully saturated rings. The minimum Gasteiger partial charge on any atom is -0.394 e. The maximum Gasteiger partial charge on any atom is 0.260 e. The molecule has 1 saturated heterocycles. The smallest absolute Gasteiger partial charge is 0.260 e. The Bertz CT molecular complexity index is 564. The first-order valence-electron chi connectivity index (χ1n) is 7.08. The number of rotatable bonds is 3. The molecular weight excluding hydrogens is 306 g/mol. The van der Waals surface area contributed by atoms with Crippen LogP contribution in [0.15, 0.2) is 30.3 Å². The molecule has 1 aliphatic rings. The lowest BCUT2D eigenvalue weighted by Gasteiger charge is -2.43. The zero-order valence-corrected chi connectivity index (χ0v) is 12.4. The van der Waals surface area contributed by atoms with Crippen molar-refractivity contribution in [1.82, 2.24) is 4.90 Å². The molecule has 1 heterocycles. The summed E-state index contributed by atoms with van der Waals surface area (Å²) in [6, 6.07) is 6.37. The Kier molecular flexibility index (Phi) is 5.45. The highest BCUT2D eigenvalue weighted by Gasteiger charge is 2.49. The second-order valence-corrected chi connectivity index (χ2v) is 5.28. The highest BCUT2D eigenvalue weighted by molar-refractivity contribution is 6.04. The molecule has 2 amide bonds. The largest absolute Gasteiger partial charge is 0.394 e. The third-order valence-corrected chi connectivity index (χ3v) is 3.74. The summed E-state index contributed by atoms with van der Waals surface area (Å²) >= 11 is 0. The van der Waals surface area contributed by atoms with Gasteiger partial charge in [0.2, 0.25) is 5.91 Å². The molecule has 0 bridgehead atoms. The van der Waals surface area contributed by atoms with Crippen LogP contribution in [0.5, 0.6) is 0 Å². The van der Waals surface area contributed by atoms with E-state index in [1.807, 2.05) is 0 Å². The van der Waals surface area contributed by atoms with Crippen LogP contribution >= 0.6 is 0 Å². The topological polar surface area (TPSA) is 128 Å². The molecule has 5 atom stereocenters. The monoisotopic (exact) mass is 325 g/mol. The molecule has 1 aromatic rings. The summed E-state index contributed by atoms with van der Waals surface area (Å²) in [5, 5.41) is 39.2. The van der Waals surface area contributed by atoms with Crippen LogP contribution < -0.4 is 0 Å². The van der Waals surface area contributed by atoms with E-state index >= 15 is 0 Å². The number of nitrogens with zero attached hydrogens (tertiary/aromatic N) is 1. The summed E-state index contributed by atoms with van der Waals surface area (Å²) in [5.41, 5.74) is 0.181. The molecule has 0 spiro atoms. The minimum absolute atomic E-state index is 0.181. The van der Waals surface area contributed by atoms with Crippen molar-refractivity contribution in [3.8, 4) is 0 Å². The van der Waals surface area contributed by atoms with Crippen LogP contribution in [0.4, 0.5) is 0 Å². The standard InChI is InChI=1S/C15H19NO7/c1-8(18)16(14(21)9-5-3-2-4-6-9)11-13(20)12(19)10(7-17)23-15(11)22/h2-6,10-13,15,17,19-20,22H,7H2,1H3/t10-,11+,12-,13-,15+/m1/s1. The van der Waals surface area contributed by atoms with E-state index < -0.39 is 49.1 Å². The average molecular weight is 325 g/mol. The molecule has 0 radical (unpaired) electrons. The summed E-state index contributed by atoms with van der Waals surface area (Å²) < 4.78 is 5.00. The Morgan fingerprint density at radius 2 is 1.74 bits per heavy atom. The number of hydrogen-bond donors (Lipinski definition) is 4. The summed E-state index contributed by atoms with van der Waals surface area (Å²) in [7, 11) is 0. The third kappa shape index (κ3) is 3.41. The SMILES string of the molecule is CC(=O)N(C(=O)c1ccccc1)[C@H]1[C@@H](O)[C@H](O)[C@@H](CO)O[C@@H]1O. The number of aliphatic hydroxyl groups is 4. The van der Waals surface area contributed by atoms with E-state index in [1.54, 1.807) is 18.2 Å². The van der Waals surface area contributed by atoms with Crippen LogP contribution in [0.2, 0.25) is 0 Å². The lowest BCUT2D eigenvalue weighted by atomic mass is 9.95. The number of benzene rings is 1. The summed E-state index contributed by atoms with van der Waals surface area (Å²) in [6.07, 6.45) is -6.16. The fraction of sp³-hybridized carbons (Fsp3) is 0.467. The van der Waals surface area contributed by atoms with Crippen molar-refractivity contribution in [3.63, 3.8) is 0 Å². The Morgan fingerprint density at radius 3 is 2.26 bits per heavy atom. The number of hydrogen-bond acceptors (Lipinski definition) is 7. The second kappa shape index (κ2) is 7.16. The van der Waals surface area contributed by atoms with E-state index in [0.29, 0.717) is 4.90 Å². The van der Waals surface area contributed by atoms with Gasteiger partial charge in [-0.05, 0) is 12.1 Å². The number of carbonyl (C=O) groups is 2. The minimum atomic E-state index is -1.73. The van der Waals surface area contributed by atoms with Crippen molar-refractivity contribution in [1.29, 1.82) is 0 Å². The quantitative estimate of drug-likeness (QED) is 0.531. The second-order valence-electron chi connectivity index (χ2n) is 5.28. The van der Waals surface area contributed by atoms with E-state index in [4.69, 9.17) is 9.84 Å². The van der Waals surface area contributed by atoms with Gasteiger partial charge in [-0.3, -0.25) is 14.5 Å². The van der Waals surface area contributed by atoms with Crippen LogP contribution in [-0.2, 0) is 9.53 Å². The average Bonchev–Trinajstić information content (AvgIpc) is 2.54. The molecule has 126 valence electrons. The highest BCUT2D eigenvalue weighted by atomic mass is 16.6. The maximum absolute atomic E-state index is 12.5. The van der Waals surface area contributed by atoms with Crippen LogP contribution in [-0.4, -0.2) is 74.4 Å². The van der Waals surface area contributed by atoms with E-state index in [9.17, 15) is 24.9 Å². The van der Waals surface area contributed by atoms with Crippen LogP contribution in [0, 0.1) is 0 Å². The molecule has 0 aliphatic carbocycles. The summed E-state index contributed by atoms with van der Waals surface area (Å²) in [4.78, 5) is 25.1. The van der Waals surface area contributed by atoms with Crippen molar-refractivity contribution in [2.24, 2.45) is 0 Å². The molecule has 4 N–H and O–H groups in total. The Morgan fingerprint density at radius 1 is 1.13 bits per heavy atom. The normalized spacial score (nSPS) is 30.7. The molecule has 0 unspecified atom stereocenters. The van der Waals surface area contributed by atoms with Gasteiger partial charge in [0.1, 0.15) is 24.4 Å². The van der Waals surface area contributed by atoms with Crippen molar-refractivity contribution < 1.29 is 34.8 Å². The van der Waals surface area contributed by atoms with Crippen LogP contribution in [0.3, 0.4) is 0 Å². The van der Waals surface area contributed by atoms with Crippen LogP contribution in [0.1, 0.15) is 17.3 Å². The molecule has 0 saturated carbocycles. The number of carbonyl (C=O) groups excluding carboxylic acids is 2. The number of ether oxygens (including phenoxy) is 1. The van der Waals surface area contributed by atoms with Gasteiger partial charge < -0.3 is 25.2 Å². The van der Waals surface area contributed by atoms with Gasteiger partial charge in [0, 0.05) is 12.5 Å². The first kappa shape index (κ1) is 17.5. The van der Waals surface area contributed by atoms with Crippen LogP contribution in [0.25, 0.3) is 0 Å². The number of imide groups is 1. The Hall–Kier alpha value is -1.84. The molecule has 1 aliphatic heterocycles. The Labute approximate surface area is 132 Å². The lowest BCUT2D eigenvalue weighted by Crippen LogP contribution is -2.66. The van der Waals surface area contributed by atoms with Gasteiger partial charge in [0.25, 0.3) is 5.91 Å². The Balaban J connectivity index is 2.34. The van der Waals surface area contributed by atoms with Gasteiger partial charge in [-0.25, -0.2) is 0 Å². The first-order valence-corrected chi connectivity index (χ1v) is 7.08. The van der Waals surface area contributed by atoms with Gasteiger partial charge >= 0.3 is 0 Å². The molecule has 1 aromatic carbocycles. The predicted molar refractivity (Wildman–Crippen MR) is 77.1 cm³/mol. The predicted octanol–water partition coefficient (Wildman–Crippen LogP) is -1.52. The van der Waals surface area contributed by atoms with Gasteiger partial charge in [0.15, 0.2) is 6.29 Å². The zero-order chi connectivity index (χ0) is 17.1. The molecule has 23 heavy (non-hydrogen) atoms. The number of aliphatic hydroxyl groups excluding tert-OH is 4. The van der Waals surface area contributed by atoms with E-state index in [0.717, 1.165) is 6.92 Å². The molecular formula is C15H19NO7. The van der Waals surface area contributed by atoms with Gasteiger partial charge in [0.05, 0.1) is 6.61 Å². The third-order valence-electron chi connectivity index (χ3n) is 3.74. The lowest BCUT2D eigenvalue weighted by molar-refractivity contribution is -0.266. The van der Waals surface area contributed by atoms with Gasteiger partial charge in [-0.15, -0.1) is 0 Å². The van der Waals surface area contributed by atoms with Crippen molar-refractivity contribution in [3.05, 3.63) is 35.9 Å².